The van der Waals surface area contributed by atoms with E-state index in [4.69, 9.17) is 18.4 Å². The van der Waals surface area contributed by atoms with Crippen molar-refractivity contribution >= 4 is 28.6 Å². The van der Waals surface area contributed by atoms with Crippen molar-refractivity contribution in [1.82, 2.24) is 30.0 Å². The number of carbonyl (C=O) groups excluding carboxylic acids is 3. The second kappa shape index (κ2) is 13.0. The zero-order chi connectivity index (χ0) is 32.4. The average Bonchev–Trinajstić information content (AvgIpc) is 3.45. The number of hydrogen-bond donors (Lipinski definition) is 1. The molecule has 0 radical (unpaired) electrons. The van der Waals surface area contributed by atoms with Crippen molar-refractivity contribution in [3.8, 4) is 0 Å². The van der Waals surface area contributed by atoms with E-state index in [2.05, 4.69) is 14.5 Å². The minimum Gasteiger partial charge on any atom is -0.444 e. The molecule has 16 nitrogen and oxygen atoms in total. The SMILES string of the molecule is CC(C)(C)OC(=O)N1CCC(N(CCCCc2nnc([C@@H]3CC[C@H]4CN3C(=O)N4OS(=O)(=O)O)o2)C(=O)OC(C)(C)C)CC1. The van der Waals surface area contributed by atoms with E-state index in [0.29, 0.717) is 75.5 Å². The summed E-state index contributed by atoms with van der Waals surface area (Å²) in [6.45, 7) is 12.6. The van der Waals surface area contributed by atoms with Gasteiger partial charge in [-0.2, -0.15) is 13.5 Å². The maximum absolute atomic E-state index is 13.2. The second-order valence-corrected chi connectivity index (χ2v) is 14.4. The van der Waals surface area contributed by atoms with E-state index in [9.17, 15) is 22.8 Å². The molecule has 0 spiro atoms. The summed E-state index contributed by atoms with van der Waals surface area (Å²) in [5, 5.41) is 8.92. The van der Waals surface area contributed by atoms with Crippen LogP contribution in [0, 0.1) is 0 Å². The Morgan fingerprint density at radius 3 is 2.27 bits per heavy atom. The Morgan fingerprint density at radius 2 is 1.66 bits per heavy atom. The number of fused-ring (bicyclic) bond motifs is 2. The van der Waals surface area contributed by atoms with Gasteiger partial charge < -0.3 is 28.6 Å². The summed E-state index contributed by atoms with van der Waals surface area (Å²) in [5.74, 6) is 0.627. The highest BCUT2D eigenvalue weighted by Gasteiger charge is 2.49. The Balaban J connectivity index is 1.30. The molecular formula is C27H44N6O10S. The van der Waals surface area contributed by atoms with E-state index in [0.717, 1.165) is 0 Å². The monoisotopic (exact) mass is 644 g/mol. The molecule has 2 bridgehead atoms. The van der Waals surface area contributed by atoms with Gasteiger partial charge in [-0.3, -0.25) is 4.55 Å². The van der Waals surface area contributed by atoms with Crippen LogP contribution in [0.15, 0.2) is 4.42 Å². The normalized spacial score (nSPS) is 21.5. The molecule has 4 heterocycles. The van der Waals surface area contributed by atoms with Gasteiger partial charge in [-0.15, -0.1) is 14.5 Å². The number of likely N-dealkylation sites (tertiary alicyclic amines) is 1. The molecule has 3 aliphatic rings. The van der Waals surface area contributed by atoms with Crippen LogP contribution in [-0.2, 0) is 30.6 Å². The van der Waals surface area contributed by atoms with Gasteiger partial charge in [0.1, 0.15) is 17.2 Å². The number of rotatable bonds is 9. The van der Waals surface area contributed by atoms with E-state index in [1.54, 1.807) is 9.80 Å². The summed E-state index contributed by atoms with van der Waals surface area (Å²) in [5.41, 5.74) is -1.24. The van der Waals surface area contributed by atoms with Crippen LogP contribution in [0.5, 0.6) is 0 Å². The summed E-state index contributed by atoms with van der Waals surface area (Å²) in [6.07, 6.45) is 3.08. The minimum atomic E-state index is -4.84. The van der Waals surface area contributed by atoms with Gasteiger partial charge in [0.2, 0.25) is 11.8 Å². The Morgan fingerprint density at radius 1 is 1.00 bits per heavy atom. The predicted molar refractivity (Wildman–Crippen MR) is 153 cm³/mol. The molecule has 44 heavy (non-hydrogen) atoms. The Kier molecular flexibility index (Phi) is 9.99. The molecule has 0 saturated carbocycles. The van der Waals surface area contributed by atoms with Crippen molar-refractivity contribution in [2.24, 2.45) is 0 Å². The number of urea groups is 1. The van der Waals surface area contributed by atoms with E-state index >= 15 is 0 Å². The molecule has 3 saturated heterocycles. The summed E-state index contributed by atoms with van der Waals surface area (Å²) in [6, 6.07) is -1.84. The van der Waals surface area contributed by atoms with Gasteiger partial charge in [0.15, 0.2) is 0 Å². The van der Waals surface area contributed by atoms with E-state index in [-0.39, 0.29) is 24.6 Å². The lowest BCUT2D eigenvalue weighted by Crippen LogP contribution is -2.51. The molecule has 0 aliphatic carbocycles. The lowest BCUT2D eigenvalue weighted by molar-refractivity contribution is -0.0317. The number of hydrogen-bond acceptors (Lipinski definition) is 11. The first kappa shape index (κ1) is 33.7. The highest BCUT2D eigenvalue weighted by atomic mass is 32.3. The van der Waals surface area contributed by atoms with Crippen molar-refractivity contribution in [1.29, 1.82) is 0 Å². The average molecular weight is 645 g/mol. The fraction of sp³-hybridized carbons (Fsp3) is 0.815. The first-order chi connectivity index (χ1) is 20.4. The topological polar surface area (TPSA) is 185 Å². The van der Waals surface area contributed by atoms with Crippen molar-refractivity contribution in [2.75, 3.05) is 26.2 Å². The highest BCUT2D eigenvalue weighted by molar-refractivity contribution is 7.80. The van der Waals surface area contributed by atoms with Crippen molar-refractivity contribution in [2.45, 2.75) is 116 Å². The third-order valence-electron chi connectivity index (χ3n) is 7.49. The molecule has 248 valence electrons. The second-order valence-electron chi connectivity index (χ2n) is 13.4. The largest absolute Gasteiger partial charge is 0.444 e. The number of carbonyl (C=O) groups is 3. The molecule has 1 aromatic heterocycles. The number of hydroxylamine groups is 2. The van der Waals surface area contributed by atoms with Crippen LogP contribution < -0.4 is 0 Å². The molecular weight excluding hydrogens is 600 g/mol. The predicted octanol–water partition coefficient (Wildman–Crippen LogP) is 3.70. The van der Waals surface area contributed by atoms with Gasteiger partial charge in [0.05, 0.1) is 6.04 Å². The minimum absolute atomic E-state index is 0.0870. The van der Waals surface area contributed by atoms with Gasteiger partial charge in [-0.05, 0) is 80.1 Å². The Bertz CT molecular complexity index is 1300. The molecule has 0 unspecified atom stereocenters. The van der Waals surface area contributed by atoms with Crippen LogP contribution in [0.3, 0.4) is 0 Å². The van der Waals surface area contributed by atoms with Crippen molar-refractivity contribution in [3.63, 3.8) is 0 Å². The summed E-state index contributed by atoms with van der Waals surface area (Å²) >= 11 is 0. The molecule has 3 fully saturated rings. The molecule has 1 aromatic rings. The van der Waals surface area contributed by atoms with Gasteiger partial charge in [-0.25, -0.2) is 14.4 Å². The molecule has 4 rings (SSSR count). The smallest absolute Gasteiger partial charge is 0.418 e. The van der Waals surface area contributed by atoms with E-state index in [1.807, 2.05) is 41.5 Å². The standard InChI is InChI=1S/C27H44N6O10S/c1-26(2,3)41-24(35)30-15-12-18(13-16-30)31(25(36)42-27(4,5)6)14-8-7-9-21-28-29-22(40-21)20-11-10-19-17-32(20)23(34)33(19)43-44(37,38)39/h18-20H,7-17H2,1-6H3,(H,37,38,39)/t19-,20-/m0/s1. The molecule has 1 N–H and O–H groups in total. The maximum atomic E-state index is 13.2. The number of unbranched alkanes of at least 4 members (excludes halogenated alkanes) is 1. The van der Waals surface area contributed by atoms with Crippen molar-refractivity contribution < 1.29 is 45.5 Å². The van der Waals surface area contributed by atoms with Crippen LogP contribution in [0.2, 0.25) is 0 Å². The van der Waals surface area contributed by atoms with E-state index < -0.39 is 45.8 Å². The molecule has 3 aliphatic heterocycles. The first-order valence-corrected chi connectivity index (χ1v) is 16.3. The third-order valence-corrected chi connectivity index (χ3v) is 7.84. The lowest BCUT2D eigenvalue weighted by Gasteiger charge is -2.39. The number of piperidine rings is 2. The van der Waals surface area contributed by atoms with Gasteiger partial charge in [0, 0.05) is 38.6 Å². The molecule has 0 aromatic carbocycles. The maximum Gasteiger partial charge on any atom is 0.418 e. The third kappa shape index (κ3) is 8.94. The Hall–Kier alpha value is -3.18. The summed E-state index contributed by atoms with van der Waals surface area (Å²) in [7, 11) is -4.84. The van der Waals surface area contributed by atoms with Crippen LogP contribution in [0.25, 0.3) is 0 Å². The number of ether oxygens (including phenoxy) is 2. The van der Waals surface area contributed by atoms with Crippen LogP contribution in [-0.4, -0.2) is 111 Å². The fourth-order valence-corrected chi connectivity index (χ4v) is 5.97. The van der Waals surface area contributed by atoms with Crippen LogP contribution >= 0.6 is 0 Å². The molecule has 4 amide bonds. The Labute approximate surface area is 257 Å². The number of aryl methyl sites for hydroxylation is 1. The van der Waals surface area contributed by atoms with Crippen LogP contribution in [0.1, 0.15) is 97.9 Å². The first-order valence-electron chi connectivity index (χ1n) is 15.0. The quantitative estimate of drug-likeness (QED) is 0.304. The molecule has 17 heteroatoms. The van der Waals surface area contributed by atoms with Gasteiger partial charge in [-0.1, -0.05) is 0 Å². The fourth-order valence-electron chi connectivity index (χ4n) is 5.58. The zero-order valence-electron chi connectivity index (χ0n) is 26.2. The van der Waals surface area contributed by atoms with Crippen molar-refractivity contribution in [3.05, 3.63) is 11.8 Å². The lowest BCUT2D eigenvalue weighted by atomic mass is 10.0. The number of amides is 4. The van der Waals surface area contributed by atoms with Gasteiger partial charge >= 0.3 is 28.6 Å². The number of nitrogens with zero attached hydrogens (tertiary/aromatic N) is 6. The van der Waals surface area contributed by atoms with Crippen LogP contribution in [0.4, 0.5) is 14.4 Å². The molecule has 2 atom stereocenters. The van der Waals surface area contributed by atoms with E-state index in [1.165, 1.54) is 4.90 Å². The number of aromatic nitrogens is 2. The van der Waals surface area contributed by atoms with Gasteiger partial charge in [0.25, 0.3) is 0 Å². The highest BCUT2D eigenvalue weighted by Crippen LogP contribution is 2.38. The summed E-state index contributed by atoms with van der Waals surface area (Å²) in [4.78, 5) is 43.2. The zero-order valence-corrected chi connectivity index (χ0v) is 27.0. The summed E-state index contributed by atoms with van der Waals surface area (Å²) < 4.78 is 52.8.